The van der Waals surface area contributed by atoms with Crippen molar-refractivity contribution < 1.29 is 9.59 Å². The quantitative estimate of drug-likeness (QED) is 0.625. The SMILES string of the molecule is O=C[C@@H]1CCCN1CN1CCC[C@H]1C=O. The van der Waals surface area contributed by atoms with Crippen LogP contribution in [0.2, 0.25) is 0 Å². The molecule has 2 rings (SSSR count). The highest BCUT2D eigenvalue weighted by atomic mass is 16.1. The van der Waals surface area contributed by atoms with E-state index >= 15 is 0 Å². The van der Waals surface area contributed by atoms with Gasteiger partial charge in [0.2, 0.25) is 0 Å². The summed E-state index contributed by atoms with van der Waals surface area (Å²) in [5, 5.41) is 0. The van der Waals surface area contributed by atoms with Gasteiger partial charge in [-0.15, -0.1) is 0 Å². The summed E-state index contributed by atoms with van der Waals surface area (Å²) in [5.74, 6) is 0. The summed E-state index contributed by atoms with van der Waals surface area (Å²) >= 11 is 0. The van der Waals surface area contributed by atoms with Crippen molar-refractivity contribution in [2.45, 2.75) is 37.8 Å². The molecular formula is C11H18N2O2. The second-order valence-corrected chi connectivity index (χ2v) is 4.46. The van der Waals surface area contributed by atoms with Crippen LogP contribution in [0.15, 0.2) is 0 Å². The average Bonchev–Trinajstić information content (AvgIpc) is 2.87. The number of rotatable bonds is 4. The Morgan fingerprint density at radius 3 is 1.80 bits per heavy atom. The van der Waals surface area contributed by atoms with Crippen LogP contribution in [0.4, 0.5) is 0 Å². The minimum Gasteiger partial charge on any atom is -0.302 e. The molecule has 0 aliphatic carbocycles. The molecule has 4 nitrogen and oxygen atoms in total. The highest BCUT2D eigenvalue weighted by Gasteiger charge is 2.30. The smallest absolute Gasteiger partial charge is 0.137 e. The molecule has 2 fully saturated rings. The lowest BCUT2D eigenvalue weighted by atomic mass is 10.2. The maximum Gasteiger partial charge on any atom is 0.137 e. The van der Waals surface area contributed by atoms with E-state index in [0.717, 1.165) is 58.0 Å². The fraction of sp³-hybridized carbons (Fsp3) is 0.818. The van der Waals surface area contributed by atoms with Crippen molar-refractivity contribution in [1.29, 1.82) is 0 Å². The van der Waals surface area contributed by atoms with E-state index in [1.54, 1.807) is 0 Å². The highest BCUT2D eigenvalue weighted by Crippen LogP contribution is 2.20. The molecule has 0 aromatic heterocycles. The maximum atomic E-state index is 10.8. The summed E-state index contributed by atoms with van der Waals surface area (Å²) in [4.78, 5) is 26.0. The number of likely N-dealkylation sites (tertiary alicyclic amines) is 2. The standard InChI is InChI=1S/C11H18N2O2/c14-7-10-3-1-5-12(10)9-13-6-2-4-11(13)8-15/h7-8,10-11H,1-6,9H2/t10-,11-/m0/s1. The number of carbonyl (C=O) groups is 2. The molecule has 0 amide bonds. The normalized spacial score (nSPS) is 33.3. The van der Waals surface area contributed by atoms with Gasteiger partial charge in [-0.2, -0.15) is 0 Å². The van der Waals surface area contributed by atoms with Crippen LogP contribution >= 0.6 is 0 Å². The number of hydrogen-bond donors (Lipinski definition) is 0. The van der Waals surface area contributed by atoms with Crippen LogP contribution in [0.25, 0.3) is 0 Å². The minimum atomic E-state index is 0.0814. The Labute approximate surface area is 90.2 Å². The lowest BCUT2D eigenvalue weighted by Crippen LogP contribution is -2.43. The Morgan fingerprint density at radius 2 is 1.40 bits per heavy atom. The average molecular weight is 210 g/mol. The maximum absolute atomic E-state index is 10.8. The van der Waals surface area contributed by atoms with Crippen molar-refractivity contribution in [2.24, 2.45) is 0 Å². The van der Waals surface area contributed by atoms with Gasteiger partial charge in [0.15, 0.2) is 0 Å². The van der Waals surface area contributed by atoms with Gasteiger partial charge in [0.25, 0.3) is 0 Å². The van der Waals surface area contributed by atoms with Gasteiger partial charge in [-0.3, -0.25) is 9.80 Å². The van der Waals surface area contributed by atoms with Gasteiger partial charge in [-0.1, -0.05) is 0 Å². The van der Waals surface area contributed by atoms with Crippen molar-refractivity contribution in [3.05, 3.63) is 0 Å². The lowest BCUT2D eigenvalue weighted by Gasteiger charge is -2.28. The Morgan fingerprint density at radius 1 is 0.933 bits per heavy atom. The molecule has 0 bridgehead atoms. The van der Waals surface area contributed by atoms with Gasteiger partial charge in [0.05, 0.1) is 18.8 Å². The van der Waals surface area contributed by atoms with E-state index in [9.17, 15) is 9.59 Å². The Bertz CT molecular complexity index is 221. The van der Waals surface area contributed by atoms with Crippen molar-refractivity contribution in [1.82, 2.24) is 9.80 Å². The minimum absolute atomic E-state index is 0.0814. The summed E-state index contributed by atoms with van der Waals surface area (Å²) in [6, 6.07) is 0.163. The zero-order valence-corrected chi connectivity index (χ0v) is 8.97. The summed E-state index contributed by atoms with van der Waals surface area (Å²) in [6.45, 7) is 2.77. The van der Waals surface area contributed by atoms with Gasteiger partial charge in [-0.05, 0) is 25.7 Å². The van der Waals surface area contributed by atoms with Crippen LogP contribution in [0.3, 0.4) is 0 Å². The zero-order chi connectivity index (χ0) is 10.7. The van der Waals surface area contributed by atoms with Crippen LogP contribution < -0.4 is 0 Å². The molecule has 2 saturated heterocycles. The molecule has 2 aliphatic heterocycles. The zero-order valence-electron chi connectivity index (χ0n) is 8.97. The first-order chi connectivity index (χ1) is 7.35. The van der Waals surface area contributed by atoms with E-state index in [-0.39, 0.29) is 12.1 Å². The van der Waals surface area contributed by atoms with E-state index in [0.29, 0.717) is 0 Å². The molecule has 4 heteroatoms. The van der Waals surface area contributed by atoms with Crippen molar-refractivity contribution in [3.63, 3.8) is 0 Å². The molecule has 0 aromatic carbocycles. The first kappa shape index (κ1) is 10.8. The molecule has 0 aromatic rings. The largest absolute Gasteiger partial charge is 0.302 e. The van der Waals surface area contributed by atoms with Crippen molar-refractivity contribution >= 4 is 12.6 Å². The third kappa shape index (κ3) is 2.26. The van der Waals surface area contributed by atoms with E-state index in [4.69, 9.17) is 0 Å². The summed E-state index contributed by atoms with van der Waals surface area (Å²) in [5.41, 5.74) is 0. The fourth-order valence-corrected chi connectivity index (χ4v) is 2.60. The van der Waals surface area contributed by atoms with Crippen molar-refractivity contribution in [3.8, 4) is 0 Å². The molecule has 0 N–H and O–H groups in total. The second kappa shape index (κ2) is 4.86. The first-order valence-electron chi connectivity index (χ1n) is 5.74. The second-order valence-electron chi connectivity index (χ2n) is 4.46. The Balaban J connectivity index is 1.90. The summed E-state index contributed by atoms with van der Waals surface area (Å²) < 4.78 is 0. The molecule has 2 aliphatic rings. The van der Waals surface area contributed by atoms with Crippen LogP contribution in [0.1, 0.15) is 25.7 Å². The van der Waals surface area contributed by atoms with Crippen LogP contribution in [-0.4, -0.2) is 54.2 Å². The molecule has 2 heterocycles. The van der Waals surface area contributed by atoms with E-state index in [2.05, 4.69) is 9.80 Å². The van der Waals surface area contributed by atoms with Gasteiger partial charge in [0.1, 0.15) is 12.6 Å². The molecule has 2 atom stereocenters. The summed E-state index contributed by atoms with van der Waals surface area (Å²) in [7, 11) is 0. The third-order valence-corrected chi connectivity index (χ3v) is 3.51. The van der Waals surface area contributed by atoms with Crippen LogP contribution in [-0.2, 0) is 9.59 Å². The molecular weight excluding hydrogens is 192 g/mol. The Kier molecular flexibility index (Phi) is 3.49. The number of aldehydes is 2. The topological polar surface area (TPSA) is 40.6 Å². The monoisotopic (exact) mass is 210 g/mol. The molecule has 84 valence electrons. The molecule has 0 spiro atoms. The molecule has 0 radical (unpaired) electrons. The predicted molar refractivity (Wildman–Crippen MR) is 56.5 cm³/mol. The Hall–Kier alpha value is -0.740. The van der Waals surface area contributed by atoms with E-state index < -0.39 is 0 Å². The molecule has 0 unspecified atom stereocenters. The summed E-state index contributed by atoms with van der Waals surface area (Å²) in [6.07, 6.45) is 6.23. The third-order valence-electron chi connectivity index (χ3n) is 3.51. The van der Waals surface area contributed by atoms with Crippen LogP contribution in [0, 0.1) is 0 Å². The van der Waals surface area contributed by atoms with E-state index in [1.807, 2.05) is 0 Å². The molecule has 0 saturated carbocycles. The number of nitrogens with zero attached hydrogens (tertiary/aromatic N) is 2. The number of hydrogen-bond acceptors (Lipinski definition) is 4. The highest BCUT2D eigenvalue weighted by molar-refractivity contribution is 5.59. The first-order valence-corrected chi connectivity index (χ1v) is 5.74. The lowest BCUT2D eigenvalue weighted by molar-refractivity contribution is -0.113. The number of carbonyl (C=O) groups excluding carboxylic acids is 2. The predicted octanol–water partition coefficient (Wildman–Crippen LogP) is 0.270. The van der Waals surface area contributed by atoms with E-state index in [1.165, 1.54) is 0 Å². The van der Waals surface area contributed by atoms with Crippen molar-refractivity contribution in [2.75, 3.05) is 19.8 Å². The van der Waals surface area contributed by atoms with Gasteiger partial charge < -0.3 is 9.59 Å². The van der Waals surface area contributed by atoms with Gasteiger partial charge in [-0.25, -0.2) is 0 Å². The van der Waals surface area contributed by atoms with Gasteiger partial charge in [0, 0.05) is 13.1 Å². The fourth-order valence-electron chi connectivity index (χ4n) is 2.60. The van der Waals surface area contributed by atoms with Crippen LogP contribution in [0.5, 0.6) is 0 Å². The molecule has 15 heavy (non-hydrogen) atoms. The van der Waals surface area contributed by atoms with Gasteiger partial charge >= 0.3 is 0 Å².